The van der Waals surface area contributed by atoms with Gasteiger partial charge in [-0.25, -0.2) is 0 Å². The van der Waals surface area contributed by atoms with Crippen LogP contribution in [0.2, 0.25) is 0 Å². The number of Topliss-reactive ketones (excluding diaryl/α,β-unsaturated/α-hetero) is 1. The molecule has 204 valence electrons. The van der Waals surface area contributed by atoms with E-state index < -0.39 is 24.1 Å². The van der Waals surface area contributed by atoms with E-state index in [1.165, 1.54) is 0 Å². The average Bonchev–Trinajstić information content (AvgIpc) is 2.99. The number of hydrogen-bond acceptors (Lipinski definition) is 7. The van der Waals surface area contributed by atoms with Gasteiger partial charge >= 0.3 is 5.97 Å². The molecule has 5 unspecified atom stereocenters. The maximum Gasteiger partial charge on any atom is 0.306 e. The van der Waals surface area contributed by atoms with E-state index in [0.29, 0.717) is 30.3 Å². The fourth-order valence-electron chi connectivity index (χ4n) is 5.12. The van der Waals surface area contributed by atoms with Crippen LogP contribution in [0.1, 0.15) is 96.8 Å². The molecule has 2 N–H and O–H groups in total. The van der Waals surface area contributed by atoms with Crippen LogP contribution in [0.5, 0.6) is 0 Å². The van der Waals surface area contributed by atoms with Gasteiger partial charge < -0.3 is 29.3 Å². The van der Waals surface area contributed by atoms with E-state index in [4.69, 9.17) is 4.74 Å². The number of rotatable bonds is 19. The summed E-state index contributed by atoms with van der Waals surface area (Å²) in [5.41, 5.74) is 0. The molecule has 1 rings (SSSR count). The summed E-state index contributed by atoms with van der Waals surface area (Å²) < 4.78 is 5.86. The Bertz CT molecular complexity index is 646. The molecule has 1 aliphatic rings. The first-order valence-electron chi connectivity index (χ1n) is 13.5. The van der Waals surface area contributed by atoms with Crippen LogP contribution >= 0.6 is 0 Å². The summed E-state index contributed by atoms with van der Waals surface area (Å²) in [6, 6.07) is 0. The molecule has 5 atom stereocenters. The van der Waals surface area contributed by atoms with Crippen LogP contribution in [0.3, 0.4) is 0 Å². The Kier molecular flexibility index (Phi) is 14.7. The summed E-state index contributed by atoms with van der Waals surface area (Å²) in [7, 11) is 5.72. The number of carbonyl (C=O) groups excluding carboxylic acids is 3. The first kappa shape index (κ1) is 31.5. The predicted molar refractivity (Wildman–Crippen MR) is 132 cm³/mol. The summed E-state index contributed by atoms with van der Waals surface area (Å²) in [4.78, 5) is 35.5. The Morgan fingerprint density at radius 3 is 2.37 bits per heavy atom. The zero-order valence-corrected chi connectivity index (χ0v) is 22.4. The Balaban J connectivity index is 2.32. The molecule has 0 aliphatic heterocycles. The third-order valence-corrected chi connectivity index (χ3v) is 6.90. The lowest BCUT2D eigenvalue weighted by Crippen LogP contribution is -2.45. The Labute approximate surface area is 211 Å². The summed E-state index contributed by atoms with van der Waals surface area (Å²) in [5.74, 6) is -1.70. The Hall–Kier alpha value is -1.51. The molecule has 0 spiro atoms. The van der Waals surface area contributed by atoms with Crippen molar-refractivity contribution in [1.82, 2.24) is 0 Å². The minimum Gasteiger partial charge on any atom is -0.550 e. The van der Waals surface area contributed by atoms with Crippen LogP contribution in [0.4, 0.5) is 0 Å². The van der Waals surface area contributed by atoms with Crippen LogP contribution < -0.4 is 5.11 Å². The van der Waals surface area contributed by atoms with E-state index in [2.05, 4.69) is 6.92 Å². The number of quaternary nitrogens is 1. The molecule has 1 fully saturated rings. The smallest absolute Gasteiger partial charge is 0.306 e. The molecular weight excluding hydrogens is 450 g/mol. The summed E-state index contributed by atoms with van der Waals surface area (Å²) in [6.07, 6.45) is 7.72. The minimum atomic E-state index is -1.23. The third kappa shape index (κ3) is 14.0. The highest BCUT2D eigenvalue weighted by Crippen LogP contribution is 2.36. The number of esters is 1. The van der Waals surface area contributed by atoms with Crippen molar-refractivity contribution in [3.8, 4) is 0 Å². The first-order valence-corrected chi connectivity index (χ1v) is 13.5. The van der Waals surface area contributed by atoms with Crippen molar-refractivity contribution in [2.75, 3.05) is 27.7 Å². The molecule has 8 nitrogen and oxygen atoms in total. The van der Waals surface area contributed by atoms with Crippen molar-refractivity contribution in [1.29, 1.82) is 0 Å². The fourth-order valence-corrected chi connectivity index (χ4v) is 5.12. The standard InChI is InChI=1S/C27H49NO7/c1-5-6-9-12-20(29)15-16-23-22(24(30)18-25(23)31)13-10-7-8-11-14-27(34)35-21(17-26(32)33)19-28(2,3)4/h20-23,25,29,31H,5-19H2,1-4H3. The number of aliphatic carboxylic acids is 1. The monoisotopic (exact) mass is 499 g/mol. The number of aliphatic hydroxyl groups is 2. The number of carboxylic acid groups (broad SMARTS) is 1. The van der Waals surface area contributed by atoms with Crippen molar-refractivity contribution in [2.24, 2.45) is 11.8 Å². The molecule has 0 aromatic heterocycles. The fraction of sp³-hybridized carbons (Fsp3) is 0.889. The van der Waals surface area contributed by atoms with E-state index in [0.717, 1.165) is 51.4 Å². The van der Waals surface area contributed by atoms with Gasteiger partial charge in [0.15, 0.2) is 6.10 Å². The molecule has 8 heteroatoms. The van der Waals surface area contributed by atoms with Crippen molar-refractivity contribution in [3.05, 3.63) is 0 Å². The van der Waals surface area contributed by atoms with Gasteiger partial charge in [0.05, 0.1) is 33.4 Å². The maximum atomic E-state index is 12.4. The lowest BCUT2D eigenvalue weighted by Gasteiger charge is -2.29. The highest BCUT2D eigenvalue weighted by molar-refractivity contribution is 5.84. The lowest BCUT2D eigenvalue weighted by atomic mass is 9.85. The molecule has 0 amide bonds. The zero-order chi connectivity index (χ0) is 26.4. The van der Waals surface area contributed by atoms with Crippen LogP contribution in [0.25, 0.3) is 0 Å². The van der Waals surface area contributed by atoms with Crippen molar-refractivity contribution in [2.45, 2.75) is 115 Å². The second-order valence-corrected chi connectivity index (χ2v) is 11.3. The average molecular weight is 500 g/mol. The predicted octanol–water partition coefficient (Wildman–Crippen LogP) is 2.37. The quantitative estimate of drug-likeness (QED) is 0.159. The van der Waals surface area contributed by atoms with Crippen molar-refractivity contribution < 1.29 is 38.9 Å². The van der Waals surface area contributed by atoms with E-state index in [-0.39, 0.29) is 43.0 Å². The molecule has 35 heavy (non-hydrogen) atoms. The normalized spacial score (nSPS) is 22.2. The number of ether oxygens (including phenoxy) is 1. The Morgan fingerprint density at radius 2 is 1.74 bits per heavy atom. The number of likely N-dealkylation sites (N-methyl/N-ethyl adjacent to an activating group) is 1. The molecule has 0 heterocycles. The maximum absolute atomic E-state index is 12.4. The lowest BCUT2D eigenvalue weighted by molar-refractivity contribution is -0.873. The topological polar surface area (TPSA) is 124 Å². The molecule has 0 bridgehead atoms. The number of carbonyl (C=O) groups is 3. The van der Waals surface area contributed by atoms with Gasteiger partial charge in [0, 0.05) is 31.1 Å². The van der Waals surface area contributed by atoms with E-state index in [1.807, 2.05) is 21.1 Å². The number of ketones is 1. The largest absolute Gasteiger partial charge is 0.550 e. The first-order chi connectivity index (χ1) is 16.4. The number of carboxylic acids is 1. The molecule has 0 radical (unpaired) electrons. The number of nitrogens with zero attached hydrogens (tertiary/aromatic N) is 1. The summed E-state index contributed by atoms with van der Waals surface area (Å²) in [5, 5.41) is 31.5. The minimum absolute atomic E-state index is 0.0693. The van der Waals surface area contributed by atoms with Gasteiger partial charge in [-0.1, -0.05) is 45.4 Å². The van der Waals surface area contributed by atoms with Crippen LogP contribution in [0, 0.1) is 11.8 Å². The highest BCUT2D eigenvalue weighted by atomic mass is 16.5. The van der Waals surface area contributed by atoms with E-state index in [1.54, 1.807) is 0 Å². The summed E-state index contributed by atoms with van der Waals surface area (Å²) >= 11 is 0. The second-order valence-electron chi connectivity index (χ2n) is 11.3. The van der Waals surface area contributed by atoms with Gasteiger partial charge in [0.2, 0.25) is 0 Å². The highest BCUT2D eigenvalue weighted by Gasteiger charge is 2.40. The number of hydrogen-bond donors (Lipinski definition) is 2. The van der Waals surface area contributed by atoms with E-state index >= 15 is 0 Å². The molecule has 1 saturated carbocycles. The number of unbranched alkanes of at least 4 members (excludes halogenated alkanes) is 5. The van der Waals surface area contributed by atoms with Crippen LogP contribution in [0.15, 0.2) is 0 Å². The van der Waals surface area contributed by atoms with Gasteiger partial charge in [-0.2, -0.15) is 0 Å². The zero-order valence-electron chi connectivity index (χ0n) is 22.4. The molecule has 0 saturated heterocycles. The van der Waals surface area contributed by atoms with Crippen LogP contribution in [-0.4, -0.2) is 78.4 Å². The molecular formula is C27H49NO7. The van der Waals surface area contributed by atoms with Gasteiger partial charge in [0.25, 0.3) is 0 Å². The van der Waals surface area contributed by atoms with E-state index in [9.17, 15) is 29.7 Å². The van der Waals surface area contributed by atoms with Gasteiger partial charge in [-0.3, -0.25) is 9.59 Å². The Morgan fingerprint density at radius 1 is 1.06 bits per heavy atom. The molecule has 0 aromatic carbocycles. The SMILES string of the molecule is CCCCCC(O)CCC1C(O)CC(=O)C1CCCCCCC(=O)OC(CC(=O)[O-])C[N+](C)(C)C. The van der Waals surface area contributed by atoms with Gasteiger partial charge in [0.1, 0.15) is 12.3 Å². The van der Waals surface area contributed by atoms with Crippen molar-refractivity contribution in [3.63, 3.8) is 0 Å². The molecule has 1 aliphatic carbocycles. The number of aliphatic hydroxyl groups excluding tert-OH is 2. The van der Waals surface area contributed by atoms with Crippen molar-refractivity contribution >= 4 is 17.7 Å². The third-order valence-electron chi connectivity index (χ3n) is 6.90. The van der Waals surface area contributed by atoms with Crippen LogP contribution in [-0.2, 0) is 19.1 Å². The molecule has 0 aromatic rings. The second kappa shape index (κ2) is 16.3. The van der Waals surface area contributed by atoms with Gasteiger partial charge in [-0.15, -0.1) is 0 Å². The van der Waals surface area contributed by atoms with Gasteiger partial charge in [-0.05, 0) is 38.0 Å². The summed E-state index contributed by atoms with van der Waals surface area (Å²) in [6.45, 7) is 2.53.